The number of nitrogen functional groups attached to an aromatic ring is 1. The largest absolute Gasteiger partial charge is 0.497 e. The number of piperidine rings is 1. The van der Waals surface area contributed by atoms with Crippen molar-refractivity contribution in [2.75, 3.05) is 77.6 Å². The minimum Gasteiger partial charge on any atom is -0.497 e. The number of urea groups is 1. The van der Waals surface area contributed by atoms with E-state index in [2.05, 4.69) is 52.3 Å². The average molecular weight is 764 g/mol. The molecule has 3 aliphatic rings. The van der Waals surface area contributed by atoms with Gasteiger partial charge < -0.3 is 35.8 Å². The topological polar surface area (TPSA) is 141 Å². The summed E-state index contributed by atoms with van der Waals surface area (Å²) in [7, 11) is 3.66. The second-order valence-corrected chi connectivity index (χ2v) is 13.8. The Kier molecular flexibility index (Phi) is 11.2. The van der Waals surface area contributed by atoms with Crippen molar-refractivity contribution in [3.05, 3.63) is 50.4 Å². The van der Waals surface area contributed by atoms with E-state index in [0.29, 0.717) is 59.1 Å². The number of carbonyl (C=O) groups excluding carboxylic acids is 4. The summed E-state index contributed by atoms with van der Waals surface area (Å²) in [6.45, 7) is 4.76. The van der Waals surface area contributed by atoms with Crippen molar-refractivity contribution >= 4 is 66.9 Å². The van der Waals surface area contributed by atoms with Gasteiger partial charge in [0.1, 0.15) is 11.8 Å². The number of nitrogens with two attached hydrogens (primary N) is 1. The minimum atomic E-state index is -1.02. The van der Waals surface area contributed by atoms with Gasteiger partial charge >= 0.3 is 6.03 Å². The molecule has 1 atom stereocenters. The Labute approximate surface area is 286 Å². The summed E-state index contributed by atoms with van der Waals surface area (Å²) in [5, 5.41) is 5.91. The van der Waals surface area contributed by atoms with Crippen LogP contribution in [0.15, 0.2) is 39.3 Å². The summed E-state index contributed by atoms with van der Waals surface area (Å²) in [6.07, 6.45) is 1.68. The lowest BCUT2D eigenvalue weighted by molar-refractivity contribution is -0.138. The molecule has 2 saturated heterocycles. The van der Waals surface area contributed by atoms with Crippen LogP contribution in [0.3, 0.4) is 0 Å². The van der Waals surface area contributed by atoms with E-state index in [0.717, 1.165) is 43.2 Å². The van der Waals surface area contributed by atoms with Gasteiger partial charge in [0.25, 0.3) is 0 Å². The Hall–Kier alpha value is -3.20. The number of likely N-dealkylation sites (N-methyl/N-ethyl adjacent to an activating group) is 1. The highest BCUT2D eigenvalue weighted by Crippen LogP contribution is 2.31. The van der Waals surface area contributed by atoms with Gasteiger partial charge in [-0.15, -0.1) is 0 Å². The zero-order chi connectivity index (χ0) is 33.0. The molecule has 0 unspecified atom stereocenters. The van der Waals surface area contributed by atoms with Crippen LogP contribution in [0.2, 0.25) is 0 Å². The first-order valence-electron chi connectivity index (χ1n) is 15.5. The van der Waals surface area contributed by atoms with Crippen molar-refractivity contribution in [3.63, 3.8) is 0 Å². The molecule has 14 heteroatoms. The Bertz CT molecular complexity index is 1450. The van der Waals surface area contributed by atoms with Crippen molar-refractivity contribution < 1.29 is 23.9 Å². The van der Waals surface area contributed by atoms with Crippen LogP contribution in [-0.2, 0) is 16.0 Å². The number of benzene rings is 2. The number of likely N-dealkylation sites (tertiary alicyclic amines) is 1. The molecular weight excluding hydrogens is 722 g/mol. The highest BCUT2D eigenvalue weighted by atomic mass is 79.9. The van der Waals surface area contributed by atoms with Crippen LogP contribution in [0.5, 0.6) is 5.75 Å². The number of nitrogens with one attached hydrogen (secondary N) is 2. The van der Waals surface area contributed by atoms with Gasteiger partial charge in [-0.3, -0.25) is 19.3 Å². The highest BCUT2D eigenvalue weighted by Gasteiger charge is 2.35. The fraction of sp³-hybridized carbons (Fsp3) is 0.500. The lowest BCUT2D eigenvalue weighted by Gasteiger charge is -2.39. The van der Waals surface area contributed by atoms with Gasteiger partial charge in [0.15, 0.2) is 5.78 Å². The summed E-state index contributed by atoms with van der Waals surface area (Å²) in [4.78, 5) is 61.6. The predicted octanol–water partition coefficient (Wildman–Crippen LogP) is 3.19. The molecule has 4 amide bonds. The molecule has 2 fully saturated rings. The quantitative estimate of drug-likeness (QED) is 0.262. The first kappa shape index (κ1) is 34.1. The van der Waals surface area contributed by atoms with Crippen molar-refractivity contribution in [2.45, 2.75) is 37.8 Å². The van der Waals surface area contributed by atoms with Crippen LogP contribution in [0.25, 0.3) is 0 Å². The Morgan fingerprint density at radius 1 is 1.02 bits per heavy atom. The Morgan fingerprint density at radius 2 is 1.70 bits per heavy atom. The van der Waals surface area contributed by atoms with Crippen LogP contribution < -0.4 is 21.1 Å². The third kappa shape index (κ3) is 8.20. The molecule has 4 N–H and O–H groups in total. The monoisotopic (exact) mass is 761 g/mol. The Morgan fingerprint density at radius 3 is 2.35 bits per heavy atom. The fourth-order valence-corrected chi connectivity index (χ4v) is 7.41. The van der Waals surface area contributed by atoms with Crippen molar-refractivity contribution in [1.82, 2.24) is 24.9 Å². The fourth-order valence-electron chi connectivity index (χ4n) is 6.22. The number of ketones is 1. The van der Waals surface area contributed by atoms with E-state index >= 15 is 0 Å². The summed E-state index contributed by atoms with van der Waals surface area (Å²) in [6, 6.07) is 7.66. The van der Waals surface area contributed by atoms with E-state index in [-0.39, 0.29) is 42.6 Å². The highest BCUT2D eigenvalue weighted by molar-refractivity contribution is 9.11. The summed E-state index contributed by atoms with van der Waals surface area (Å²) in [5.41, 5.74) is 8.65. The zero-order valence-corrected chi connectivity index (χ0v) is 29.4. The van der Waals surface area contributed by atoms with Gasteiger partial charge in [-0.25, -0.2) is 4.79 Å². The lowest BCUT2D eigenvalue weighted by atomic mass is 9.99. The smallest absolute Gasteiger partial charge is 0.322 e. The molecule has 12 nitrogen and oxygen atoms in total. The van der Waals surface area contributed by atoms with E-state index < -0.39 is 6.04 Å². The number of rotatable bonds is 9. The Balaban J connectivity index is 1.24. The number of halogens is 2. The summed E-state index contributed by atoms with van der Waals surface area (Å²) in [5.74, 6) is -0.129. The molecule has 0 aromatic heterocycles. The van der Waals surface area contributed by atoms with Gasteiger partial charge in [0, 0.05) is 78.5 Å². The number of hydrogen-bond donors (Lipinski definition) is 3. The molecule has 0 saturated carbocycles. The molecule has 3 aliphatic heterocycles. The third-order valence-electron chi connectivity index (χ3n) is 9.04. The number of ether oxygens (including phenoxy) is 1. The normalized spacial score (nSPS) is 18.7. The van der Waals surface area contributed by atoms with Crippen LogP contribution in [-0.4, -0.2) is 122 Å². The van der Waals surface area contributed by atoms with Crippen molar-refractivity contribution in [1.29, 1.82) is 0 Å². The molecule has 5 rings (SSSR count). The standard InChI is InChI=1S/C32H41Br2N7O5/c1-38-11-13-39(14-12-38)19-29(43)36-27(18-28(42)21-16-24(33)30(35)25(34)17-21)31(44)40-8-6-22(7-9-40)41-10-5-20-15-23(46-2)3-4-26(20)37-32(41)45/h3-4,15-17,22,27H,5-14,18-19,35H2,1-2H3,(H,36,43)(H,37,45)/t27-/m0/s1. The number of piperazine rings is 1. The van der Waals surface area contributed by atoms with Crippen LogP contribution in [0.4, 0.5) is 16.2 Å². The second-order valence-electron chi connectivity index (χ2n) is 12.1. The van der Waals surface area contributed by atoms with E-state index in [1.165, 1.54) is 0 Å². The van der Waals surface area contributed by atoms with E-state index in [1.54, 1.807) is 24.1 Å². The number of Topliss-reactive ketones (excluding diaryl/α,β-unsaturated/α-hetero) is 1. The molecule has 0 spiro atoms. The molecule has 2 aromatic carbocycles. The summed E-state index contributed by atoms with van der Waals surface area (Å²) >= 11 is 6.77. The number of hydrogen-bond acceptors (Lipinski definition) is 8. The number of nitrogens with zero attached hydrogens (tertiary/aromatic N) is 4. The van der Waals surface area contributed by atoms with E-state index in [1.807, 2.05) is 30.1 Å². The molecule has 2 aromatic rings. The van der Waals surface area contributed by atoms with Gasteiger partial charge in [-0.1, -0.05) is 0 Å². The lowest BCUT2D eigenvalue weighted by Crippen LogP contribution is -2.56. The van der Waals surface area contributed by atoms with Crippen molar-refractivity contribution in [3.8, 4) is 5.75 Å². The summed E-state index contributed by atoms with van der Waals surface area (Å²) < 4.78 is 6.48. The van der Waals surface area contributed by atoms with Gasteiger partial charge in [-0.05, 0) is 94.1 Å². The first-order chi connectivity index (χ1) is 22.0. The molecule has 0 bridgehead atoms. The maximum atomic E-state index is 13.9. The first-order valence-corrected chi connectivity index (χ1v) is 17.1. The van der Waals surface area contributed by atoms with Gasteiger partial charge in [0.2, 0.25) is 11.8 Å². The molecule has 0 radical (unpaired) electrons. The molecule has 3 heterocycles. The van der Waals surface area contributed by atoms with Crippen LogP contribution in [0, 0.1) is 0 Å². The third-order valence-corrected chi connectivity index (χ3v) is 10.4. The number of carbonyl (C=O) groups is 4. The number of amides is 4. The molecular formula is C32H41Br2N7O5. The van der Waals surface area contributed by atoms with Gasteiger partial charge in [-0.2, -0.15) is 0 Å². The number of anilines is 2. The maximum Gasteiger partial charge on any atom is 0.322 e. The SMILES string of the molecule is COc1ccc2c(c1)CCN(C1CCN(C(=O)[C@H](CC(=O)c3cc(Br)c(N)c(Br)c3)NC(=O)CN3CCN(C)CC3)CC1)C(=O)N2. The predicted molar refractivity (Wildman–Crippen MR) is 183 cm³/mol. The van der Waals surface area contributed by atoms with E-state index in [4.69, 9.17) is 10.5 Å². The minimum absolute atomic E-state index is 0.0448. The zero-order valence-electron chi connectivity index (χ0n) is 26.2. The van der Waals surface area contributed by atoms with Crippen LogP contribution in [0.1, 0.15) is 35.2 Å². The number of fused-ring (bicyclic) bond motifs is 1. The van der Waals surface area contributed by atoms with Gasteiger partial charge in [0.05, 0.1) is 19.3 Å². The molecule has 248 valence electrons. The van der Waals surface area contributed by atoms with Crippen molar-refractivity contribution in [2.24, 2.45) is 0 Å². The maximum absolute atomic E-state index is 13.9. The number of methoxy groups -OCH3 is 1. The molecule has 0 aliphatic carbocycles. The average Bonchev–Trinajstić information content (AvgIpc) is 3.21. The second kappa shape index (κ2) is 15.1. The van der Waals surface area contributed by atoms with E-state index in [9.17, 15) is 19.2 Å². The molecule has 46 heavy (non-hydrogen) atoms. The van der Waals surface area contributed by atoms with Crippen LogP contribution >= 0.6 is 31.9 Å².